The van der Waals surface area contributed by atoms with Crippen LogP contribution in [0.4, 0.5) is 13.2 Å². The summed E-state index contributed by atoms with van der Waals surface area (Å²) in [7, 11) is 0. The molecule has 0 fully saturated rings. The first-order valence-corrected chi connectivity index (χ1v) is 10.9. The van der Waals surface area contributed by atoms with E-state index in [1.165, 1.54) is 48.2 Å². The topological polar surface area (TPSA) is 30.7 Å². The smallest absolute Gasteiger partial charge is 0.196 e. The highest BCUT2D eigenvalue weighted by molar-refractivity contribution is 7.98. The van der Waals surface area contributed by atoms with Gasteiger partial charge in [0.15, 0.2) is 5.16 Å². The quantitative estimate of drug-likeness (QED) is 0.282. The summed E-state index contributed by atoms with van der Waals surface area (Å²) >= 11 is 13.1. The van der Waals surface area contributed by atoms with Gasteiger partial charge in [-0.1, -0.05) is 47.1 Å². The number of hydrogen-bond acceptors (Lipinski definition) is 3. The van der Waals surface area contributed by atoms with Crippen molar-refractivity contribution in [1.29, 1.82) is 0 Å². The zero-order valence-corrected chi connectivity index (χ0v) is 18.2. The first-order valence-electron chi connectivity index (χ1n) is 9.12. The van der Waals surface area contributed by atoms with Crippen molar-refractivity contribution in [3.8, 4) is 5.69 Å². The van der Waals surface area contributed by atoms with E-state index in [1.54, 1.807) is 28.8 Å². The van der Waals surface area contributed by atoms with E-state index in [2.05, 4.69) is 10.2 Å². The summed E-state index contributed by atoms with van der Waals surface area (Å²) in [6, 6.07) is 14.8. The Morgan fingerprint density at radius 2 is 1.61 bits per heavy atom. The summed E-state index contributed by atoms with van der Waals surface area (Å²) in [6.07, 6.45) is 0.263. The van der Waals surface area contributed by atoms with Gasteiger partial charge in [-0.15, -0.1) is 10.2 Å². The van der Waals surface area contributed by atoms with E-state index in [1.807, 2.05) is 0 Å². The molecule has 1 heterocycles. The number of halogens is 5. The van der Waals surface area contributed by atoms with Crippen molar-refractivity contribution in [3.05, 3.63) is 105 Å². The van der Waals surface area contributed by atoms with Crippen molar-refractivity contribution < 1.29 is 13.2 Å². The van der Waals surface area contributed by atoms with Crippen LogP contribution in [0.15, 0.2) is 65.8 Å². The molecule has 4 aromatic rings. The minimum absolute atomic E-state index is 0.0294. The van der Waals surface area contributed by atoms with Gasteiger partial charge in [0.05, 0.1) is 5.02 Å². The van der Waals surface area contributed by atoms with Gasteiger partial charge in [-0.2, -0.15) is 0 Å². The Morgan fingerprint density at radius 1 is 0.839 bits per heavy atom. The van der Waals surface area contributed by atoms with E-state index < -0.39 is 11.6 Å². The molecule has 0 spiro atoms. The lowest BCUT2D eigenvalue weighted by Crippen LogP contribution is -2.04. The lowest BCUT2D eigenvalue weighted by Gasteiger charge is -2.11. The second-order valence-corrected chi connectivity index (χ2v) is 8.38. The monoisotopic (exact) mass is 479 g/mol. The van der Waals surface area contributed by atoms with E-state index >= 15 is 0 Å². The third-order valence-electron chi connectivity index (χ3n) is 4.54. The Morgan fingerprint density at radius 3 is 2.32 bits per heavy atom. The molecule has 0 saturated carbocycles. The van der Waals surface area contributed by atoms with Crippen LogP contribution in [-0.4, -0.2) is 14.8 Å². The fraction of sp³-hybridized carbons (Fsp3) is 0.0909. The first kappa shape index (κ1) is 21.7. The first-order chi connectivity index (χ1) is 14.9. The SMILES string of the molecule is Fc1ccc(-n2c(Cc3ccc(Cl)c(F)c3)nnc2SCc2c(F)cccc2Cl)cc1. The normalized spacial score (nSPS) is 11.1. The lowest BCUT2D eigenvalue weighted by molar-refractivity contribution is 0.617. The number of benzene rings is 3. The fourth-order valence-corrected chi connectivity index (χ4v) is 4.43. The van der Waals surface area contributed by atoms with Gasteiger partial charge in [0, 0.05) is 28.4 Å². The van der Waals surface area contributed by atoms with E-state index in [0.29, 0.717) is 32.8 Å². The summed E-state index contributed by atoms with van der Waals surface area (Å²) in [4.78, 5) is 0. The molecule has 0 aliphatic carbocycles. The molecular formula is C22H14Cl2F3N3S. The minimum atomic E-state index is -0.532. The highest BCUT2D eigenvalue weighted by Crippen LogP contribution is 2.30. The van der Waals surface area contributed by atoms with Gasteiger partial charge in [0.25, 0.3) is 0 Å². The molecule has 0 saturated heterocycles. The van der Waals surface area contributed by atoms with Crippen LogP contribution >= 0.6 is 35.0 Å². The van der Waals surface area contributed by atoms with Gasteiger partial charge in [-0.3, -0.25) is 4.57 Å². The van der Waals surface area contributed by atoms with Crippen LogP contribution in [0.2, 0.25) is 10.0 Å². The predicted octanol–water partition coefficient (Wildman–Crippen LogP) is 6.87. The maximum Gasteiger partial charge on any atom is 0.196 e. The summed E-state index contributed by atoms with van der Waals surface area (Å²) in [6.45, 7) is 0. The van der Waals surface area contributed by atoms with Gasteiger partial charge in [-0.25, -0.2) is 13.2 Å². The second kappa shape index (κ2) is 9.34. The Kier molecular flexibility index (Phi) is 6.55. The Hall–Kier alpha value is -2.48. The predicted molar refractivity (Wildman–Crippen MR) is 117 cm³/mol. The van der Waals surface area contributed by atoms with Crippen molar-refractivity contribution in [3.63, 3.8) is 0 Å². The zero-order valence-electron chi connectivity index (χ0n) is 15.8. The summed E-state index contributed by atoms with van der Waals surface area (Å²) < 4.78 is 43.2. The van der Waals surface area contributed by atoms with Crippen molar-refractivity contribution in [2.45, 2.75) is 17.3 Å². The maximum atomic E-state index is 14.2. The van der Waals surface area contributed by atoms with Crippen LogP contribution in [0.3, 0.4) is 0 Å². The number of hydrogen-bond donors (Lipinski definition) is 0. The molecule has 0 N–H and O–H groups in total. The van der Waals surface area contributed by atoms with Crippen LogP contribution in [0.5, 0.6) is 0 Å². The number of thioether (sulfide) groups is 1. The molecular weight excluding hydrogens is 466 g/mol. The average Bonchev–Trinajstić information content (AvgIpc) is 3.13. The molecule has 3 aromatic carbocycles. The highest BCUT2D eigenvalue weighted by Gasteiger charge is 2.17. The molecule has 0 unspecified atom stereocenters. The average molecular weight is 480 g/mol. The summed E-state index contributed by atoms with van der Waals surface area (Å²) in [5.74, 6) is -0.595. The molecule has 31 heavy (non-hydrogen) atoms. The van der Waals surface area contributed by atoms with Gasteiger partial charge in [-0.05, 0) is 54.1 Å². The molecule has 0 aliphatic rings. The minimum Gasteiger partial charge on any atom is -0.274 e. The Labute approximate surface area is 190 Å². The number of aromatic nitrogens is 3. The van der Waals surface area contributed by atoms with Gasteiger partial charge < -0.3 is 0 Å². The lowest BCUT2D eigenvalue weighted by atomic mass is 10.1. The van der Waals surface area contributed by atoms with E-state index in [4.69, 9.17) is 23.2 Å². The summed E-state index contributed by atoms with van der Waals surface area (Å²) in [5, 5.41) is 9.27. The Balaban J connectivity index is 1.69. The van der Waals surface area contributed by atoms with Crippen molar-refractivity contribution in [2.24, 2.45) is 0 Å². The standard InChI is InChI=1S/C22H14Cl2F3N3S/c23-17-2-1-3-19(26)16(17)12-31-22-29-28-21(11-13-4-9-18(24)20(27)10-13)30(22)15-7-5-14(25)6-8-15/h1-10H,11-12H2. The second-order valence-electron chi connectivity index (χ2n) is 6.62. The molecule has 0 aliphatic heterocycles. The maximum absolute atomic E-state index is 14.2. The van der Waals surface area contributed by atoms with Gasteiger partial charge in [0.1, 0.15) is 23.3 Å². The van der Waals surface area contributed by atoms with Crippen LogP contribution in [0, 0.1) is 17.5 Å². The molecule has 9 heteroatoms. The van der Waals surface area contributed by atoms with Crippen LogP contribution in [0.1, 0.15) is 17.0 Å². The molecule has 0 amide bonds. The molecule has 1 aromatic heterocycles. The van der Waals surface area contributed by atoms with Crippen LogP contribution in [0.25, 0.3) is 5.69 Å². The summed E-state index contributed by atoms with van der Waals surface area (Å²) in [5.41, 5.74) is 1.62. The molecule has 0 radical (unpaired) electrons. The third-order valence-corrected chi connectivity index (χ3v) is 6.15. The molecule has 0 bridgehead atoms. The Bertz CT molecular complexity index is 1210. The highest BCUT2D eigenvalue weighted by atomic mass is 35.5. The van der Waals surface area contributed by atoms with E-state index in [9.17, 15) is 13.2 Å². The molecule has 0 atom stereocenters. The number of nitrogens with zero attached hydrogens (tertiary/aromatic N) is 3. The molecule has 4 rings (SSSR count). The van der Waals surface area contributed by atoms with Crippen molar-refractivity contribution in [2.75, 3.05) is 0 Å². The fourth-order valence-electron chi connectivity index (χ4n) is 3.00. The van der Waals surface area contributed by atoms with Crippen molar-refractivity contribution >= 4 is 35.0 Å². The van der Waals surface area contributed by atoms with Gasteiger partial charge >= 0.3 is 0 Å². The molecule has 3 nitrogen and oxygen atoms in total. The van der Waals surface area contributed by atoms with E-state index in [-0.39, 0.29) is 23.0 Å². The van der Waals surface area contributed by atoms with Crippen molar-refractivity contribution in [1.82, 2.24) is 14.8 Å². The zero-order chi connectivity index (χ0) is 22.0. The van der Waals surface area contributed by atoms with Gasteiger partial charge in [0.2, 0.25) is 0 Å². The largest absolute Gasteiger partial charge is 0.274 e. The van der Waals surface area contributed by atoms with Crippen LogP contribution < -0.4 is 0 Å². The third kappa shape index (κ3) is 4.89. The number of rotatable bonds is 6. The van der Waals surface area contributed by atoms with E-state index in [0.717, 1.165) is 0 Å². The van der Waals surface area contributed by atoms with Crippen LogP contribution in [-0.2, 0) is 12.2 Å². The molecule has 158 valence electrons.